The molecule has 0 spiro atoms. The smallest absolute Gasteiger partial charge is 0.543 e. The third-order valence-corrected chi connectivity index (χ3v) is 7.20. The second kappa shape index (κ2) is 12.2. The number of thiophene rings is 1. The van der Waals surface area contributed by atoms with Gasteiger partial charge in [0.2, 0.25) is 11.8 Å². The van der Waals surface area contributed by atoms with Gasteiger partial charge in [-0.3, -0.25) is 19.3 Å². The number of carbonyl (C=O) groups excluding carboxylic acids is 5. The molecule has 0 radical (unpaired) electrons. The molecule has 0 unspecified atom stereocenters. The normalized spacial score (nSPS) is 20.8. The van der Waals surface area contributed by atoms with Gasteiger partial charge in [0, 0.05) is 16.2 Å². The van der Waals surface area contributed by atoms with Crippen LogP contribution < -0.4 is 51.0 Å². The standard InChI is InChI=1S/C20H24N4O7S2.Na/c1-9(21)16(26)22-10(2)20(30)31-7-11-8-33-18-14(17(27)24(18)15(11)19(28)29)23-13(25)6-12-4-3-5-32-12;/h3-5,9-10,14,18H,6-8,21H2,1-2H3,(H,22,26)(H,23,25)(H,28,29);/q;+1/p-1/t9-,10-,14+,18+;/m0./s1. The van der Waals surface area contributed by atoms with Crippen molar-refractivity contribution in [3.63, 3.8) is 0 Å². The number of nitrogens with two attached hydrogens (primary N) is 1. The molecule has 3 rings (SSSR count). The first-order valence-corrected chi connectivity index (χ1v) is 11.9. The Morgan fingerprint density at radius 3 is 2.62 bits per heavy atom. The molecule has 4 atom stereocenters. The number of amides is 3. The summed E-state index contributed by atoms with van der Waals surface area (Å²) in [4.78, 5) is 62.3. The van der Waals surface area contributed by atoms with Crippen LogP contribution in [0.1, 0.15) is 18.7 Å². The van der Waals surface area contributed by atoms with Crippen LogP contribution in [-0.2, 0) is 35.1 Å². The minimum Gasteiger partial charge on any atom is -0.543 e. The van der Waals surface area contributed by atoms with Gasteiger partial charge in [-0.05, 0) is 25.3 Å². The molecule has 0 aliphatic carbocycles. The summed E-state index contributed by atoms with van der Waals surface area (Å²) < 4.78 is 5.13. The van der Waals surface area contributed by atoms with E-state index in [9.17, 15) is 29.1 Å². The molecular formula is C20H23N4NaO7S2. The molecule has 4 N–H and O–H groups in total. The molecule has 2 aliphatic heterocycles. The van der Waals surface area contributed by atoms with Gasteiger partial charge in [0.15, 0.2) is 0 Å². The Balaban J connectivity index is 0.00000408. The van der Waals surface area contributed by atoms with Crippen LogP contribution in [0.25, 0.3) is 0 Å². The molecule has 0 aromatic carbocycles. The van der Waals surface area contributed by atoms with Crippen molar-refractivity contribution in [2.75, 3.05) is 12.4 Å². The molecule has 1 fully saturated rings. The van der Waals surface area contributed by atoms with Crippen molar-refractivity contribution in [2.24, 2.45) is 5.73 Å². The molecule has 3 heterocycles. The first kappa shape index (κ1) is 28.3. The molecule has 0 saturated carbocycles. The van der Waals surface area contributed by atoms with Gasteiger partial charge in [-0.25, -0.2) is 4.79 Å². The third-order valence-electron chi connectivity index (χ3n) is 4.99. The van der Waals surface area contributed by atoms with E-state index >= 15 is 0 Å². The number of fused-ring (bicyclic) bond motifs is 1. The summed E-state index contributed by atoms with van der Waals surface area (Å²) >= 11 is 2.67. The van der Waals surface area contributed by atoms with Crippen LogP contribution in [0, 0.1) is 0 Å². The maximum absolute atomic E-state index is 12.6. The molecule has 14 heteroatoms. The van der Waals surface area contributed by atoms with Crippen molar-refractivity contribution >= 4 is 52.8 Å². The Hall–Kier alpha value is -1.90. The molecule has 2 aliphatic rings. The van der Waals surface area contributed by atoms with Gasteiger partial charge >= 0.3 is 35.5 Å². The van der Waals surface area contributed by atoms with Crippen molar-refractivity contribution in [1.82, 2.24) is 15.5 Å². The van der Waals surface area contributed by atoms with E-state index in [1.54, 1.807) is 0 Å². The fourth-order valence-electron chi connectivity index (χ4n) is 3.27. The van der Waals surface area contributed by atoms with E-state index in [4.69, 9.17) is 10.5 Å². The third kappa shape index (κ3) is 6.40. The minimum atomic E-state index is -1.58. The van der Waals surface area contributed by atoms with Gasteiger partial charge in [-0.15, -0.1) is 23.1 Å². The van der Waals surface area contributed by atoms with E-state index in [-0.39, 0.29) is 65.5 Å². The van der Waals surface area contributed by atoms with Gasteiger partial charge in [0.25, 0.3) is 5.91 Å². The number of esters is 1. The summed E-state index contributed by atoms with van der Waals surface area (Å²) in [5.74, 6) is -3.66. The molecule has 1 aromatic heterocycles. The molecule has 11 nitrogen and oxygen atoms in total. The number of thioether (sulfide) groups is 1. The maximum atomic E-state index is 12.6. The summed E-state index contributed by atoms with van der Waals surface area (Å²) in [5.41, 5.74) is 5.26. The van der Waals surface area contributed by atoms with Crippen LogP contribution >= 0.6 is 23.1 Å². The van der Waals surface area contributed by atoms with Crippen molar-refractivity contribution in [3.05, 3.63) is 33.7 Å². The van der Waals surface area contributed by atoms with E-state index in [2.05, 4.69) is 10.6 Å². The zero-order valence-electron chi connectivity index (χ0n) is 18.9. The fraction of sp³-hybridized carbons (Fsp3) is 0.450. The van der Waals surface area contributed by atoms with E-state index in [1.807, 2.05) is 17.5 Å². The quantitative estimate of drug-likeness (QED) is 0.165. The summed E-state index contributed by atoms with van der Waals surface area (Å²) in [6.45, 7) is 2.48. The van der Waals surface area contributed by atoms with Gasteiger partial charge in [-0.1, -0.05) is 6.07 Å². The Bertz CT molecular complexity index is 999. The maximum Gasteiger partial charge on any atom is 1.00 e. The van der Waals surface area contributed by atoms with Crippen LogP contribution in [0.3, 0.4) is 0 Å². The van der Waals surface area contributed by atoms with E-state index in [1.165, 1.54) is 36.9 Å². The van der Waals surface area contributed by atoms with Crippen molar-refractivity contribution in [3.8, 4) is 0 Å². The topological polar surface area (TPSA) is 171 Å². The average Bonchev–Trinajstić information content (AvgIpc) is 3.27. The number of rotatable bonds is 9. The summed E-state index contributed by atoms with van der Waals surface area (Å²) in [6, 6.07) is 0.971. The summed E-state index contributed by atoms with van der Waals surface area (Å²) in [7, 11) is 0. The predicted octanol–water partition coefficient (Wildman–Crippen LogP) is -4.91. The molecule has 0 bridgehead atoms. The Morgan fingerprint density at radius 2 is 2.03 bits per heavy atom. The number of aliphatic carboxylic acids is 1. The summed E-state index contributed by atoms with van der Waals surface area (Å²) in [5, 5.41) is 18.1. The number of carboxylic acids is 1. The monoisotopic (exact) mass is 518 g/mol. The van der Waals surface area contributed by atoms with E-state index < -0.39 is 47.3 Å². The molecule has 1 saturated heterocycles. The zero-order valence-corrected chi connectivity index (χ0v) is 22.5. The number of carbonyl (C=O) groups is 5. The van der Waals surface area contributed by atoms with Crippen LogP contribution in [-0.4, -0.2) is 70.4 Å². The number of nitrogens with one attached hydrogen (secondary N) is 2. The van der Waals surface area contributed by atoms with E-state index in [0.717, 1.165) is 9.78 Å². The molecule has 34 heavy (non-hydrogen) atoms. The number of β-lactam (4-membered cyclic amide) rings is 1. The van der Waals surface area contributed by atoms with E-state index in [0.29, 0.717) is 0 Å². The Kier molecular flexibility index (Phi) is 10.2. The largest absolute Gasteiger partial charge is 1.00 e. The second-order valence-corrected chi connectivity index (χ2v) is 9.71. The number of hydrogen-bond acceptors (Lipinski definition) is 10. The van der Waals surface area contributed by atoms with Crippen molar-refractivity contribution in [2.45, 2.75) is 43.8 Å². The number of nitrogens with zero attached hydrogens (tertiary/aromatic N) is 1. The molecular weight excluding hydrogens is 495 g/mol. The number of hydrogen-bond donors (Lipinski definition) is 3. The predicted molar refractivity (Wildman–Crippen MR) is 117 cm³/mol. The van der Waals surface area contributed by atoms with Gasteiger partial charge in [0.1, 0.15) is 24.1 Å². The molecule has 3 amide bonds. The average molecular weight is 519 g/mol. The number of ether oxygens (including phenoxy) is 1. The van der Waals surface area contributed by atoms with Crippen LogP contribution in [0.2, 0.25) is 0 Å². The van der Waals surface area contributed by atoms with Crippen LogP contribution in [0.4, 0.5) is 0 Å². The fourth-order valence-corrected chi connectivity index (χ4v) is 5.30. The second-order valence-electron chi connectivity index (χ2n) is 7.58. The Labute approximate surface area is 226 Å². The first-order valence-electron chi connectivity index (χ1n) is 10.0. The van der Waals surface area contributed by atoms with Gasteiger partial charge in [0.05, 0.1) is 24.1 Å². The van der Waals surface area contributed by atoms with Gasteiger partial charge < -0.3 is 31.0 Å². The SMILES string of the molecule is C[C@H](N)C(=O)N[C@@H](C)C(=O)OCC1=C(C(=O)[O-])N2C(=O)[C@@H](NC(=O)Cc3cccs3)[C@H]2SC1.[Na+]. The molecule has 1 aromatic rings. The van der Waals surface area contributed by atoms with Crippen LogP contribution in [0.15, 0.2) is 28.8 Å². The van der Waals surface area contributed by atoms with Crippen molar-refractivity contribution in [1.29, 1.82) is 0 Å². The minimum absolute atomic E-state index is 0. The Morgan fingerprint density at radius 1 is 1.32 bits per heavy atom. The van der Waals surface area contributed by atoms with Crippen LogP contribution in [0.5, 0.6) is 0 Å². The molecule has 178 valence electrons. The first-order chi connectivity index (χ1) is 15.6. The zero-order chi connectivity index (χ0) is 24.3. The van der Waals surface area contributed by atoms with Gasteiger partial charge in [-0.2, -0.15) is 0 Å². The van der Waals surface area contributed by atoms with Crippen molar-refractivity contribution < 1.29 is 63.4 Å². The summed E-state index contributed by atoms with van der Waals surface area (Å²) in [6.07, 6.45) is 0.126. The number of carboxylic acid groups (broad SMARTS) is 1.